The summed E-state index contributed by atoms with van der Waals surface area (Å²) >= 11 is 0. The van der Waals surface area contributed by atoms with Crippen molar-refractivity contribution in [2.45, 2.75) is 127 Å². The van der Waals surface area contributed by atoms with Crippen molar-refractivity contribution >= 4 is 29.4 Å². The number of Topliss-reactive ketones (excluding diaryl/α,β-unsaturated/α-hetero) is 2. The van der Waals surface area contributed by atoms with Gasteiger partial charge < -0.3 is 50.1 Å². The van der Waals surface area contributed by atoms with Crippen LogP contribution >= 0.6 is 0 Å². The molecule has 0 aromatic carbocycles. The number of hydrogen-bond acceptors (Lipinski definition) is 16. The van der Waals surface area contributed by atoms with Crippen LogP contribution in [0.1, 0.15) is 66.4 Å². The maximum atomic E-state index is 17.1. The maximum absolute atomic E-state index is 17.1. The Morgan fingerprint density at radius 1 is 1.14 bits per heavy atom. The number of ether oxygens (including phenoxy) is 5. The fraction of sp³-hybridized carbons (Fsp3) is 0.675. The number of halogens is 1. The Morgan fingerprint density at radius 3 is 2.46 bits per heavy atom. The third kappa shape index (κ3) is 9.05. The number of nitrogens with one attached hydrogen (secondary N) is 2. The molecule has 2 aromatic heterocycles. The summed E-state index contributed by atoms with van der Waals surface area (Å²) in [5.41, 5.74) is -1.50. The first-order chi connectivity index (χ1) is 27.7. The van der Waals surface area contributed by atoms with E-state index in [0.717, 1.165) is 17.1 Å². The van der Waals surface area contributed by atoms with Crippen LogP contribution in [0, 0.1) is 17.8 Å². The van der Waals surface area contributed by atoms with Crippen molar-refractivity contribution < 1.29 is 52.4 Å². The summed E-state index contributed by atoms with van der Waals surface area (Å²) in [6, 6.07) is 3.14. The van der Waals surface area contributed by atoms with Crippen molar-refractivity contribution in [1.82, 2.24) is 30.1 Å². The van der Waals surface area contributed by atoms with Gasteiger partial charge in [-0.2, -0.15) is 4.98 Å². The number of hydrogen-bond donors (Lipinski definition) is 4. The second-order valence-electron chi connectivity index (χ2n) is 16.5. The molecule has 2 unspecified atom stereocenters. The number of cyclic esters (lactones) is 1. The van der Waals surface area contributed by atoms with E-state index >= 15 is 4.39 Å². The van der Waals surface area contributed by atoms with Gasteiger partial charge >= 0.3 is 17.8 Å². The number of aliphatic hydroxyl groups is 1. The first-order valence-corrected chi connectivity index (χ1v) is 19.8. The lowest BCUT2D eigenvalue weighted by Crippen LogP contribution is -2.64. The van der Waals surface area contributed by atoms with Crippen LogP contribution in [-0.2, 0) is 50.3 Å². The Labute approximate surface area is 342 Å². The summed E-state index contributed by atoms with van der Waals surface area (Å²) in [4.78, 5) is 79.4. The minimum atomic E-state index is -3.35. The van der Waals surface area contributed by atoms with E-state index in [1.54, 1.807) is 40.3 Å². The first kappa shape index (κ1) is 45.7. The van der Waals surface area contributed by atoms with E-state index in [2.05, 4.69) is 20.6 Å². The fourth-order valence-electron chi connectivity index (χ4n) is 8.75. The molecule has 1 amide bonds. The number of fused-ring (bicyclic) bond motifs is 1. The minimum absolute atomic E-state index is 0.131. The summed E-state index contributed by atoms with van der Waals surface area (Å²) in [7, 11) is 4.94. The van der Waals surface area contributed by atoms with Crippen molar-refractivity contribution in [3.05, 3.63) is 52.8 Å². The molecule has 0 radical (unpaired) electrons. The lowest BCUT2D eigenvalue weighted by molar-refractivity contribution is -0.297. The summed E-state index contributed by atoms with van der Waals surface area (Å²) in [5.74, 6) is -7.05. The molecule has 19 heteroatoms. The average molecular weight is 832 g/mol. The molecule has 326 valence electrons. The van der Waals surface area contributed by atoms with Gasteiger partial charge in [-0.15, -0.1) is 0 Å². The molecule has 0 bridgehead atoms. The van der Waals surface area contributed by atoms with Crippen LogP contribution in [0.2, 0.25) is 0 Å². The third-order valence-corrected chi connectivity index (χ3v) is 12.1. The number of esters is 1. The van der Waals surface area contributed by atoms with Crippen molar-refractivity contribution in [2.75, 3.05) is 33.5 Å². The highest BCUT2D eigenvalue weighted by Crippen LogP contribution is 2.43. The second kappa shape index (κ2) is 18.1. The van der Waals surface area contributed by atoms with Gasteiger partial charge in [0.05, 0.1) is 17.8 Å². The standard InChI is InChI=1S/C40H58FN7O11/c1-10-27-40(48-15-13-28(42)45-36(48)53)31(46-37(54)59-40)22(3)29(49)21(2)17-38(5,55-9)33(23(4)32(51)39(6,41)35(52)57-27)58-34-30(50)26(47(7)8)16-25(56-34)20-44-19-24-12-11-14-43-18-24/h11-15,18,21-23,25-27,30-31,33-34,44,50H,10,16-17,19-20H2,1-9H3,(H,46,54)(H2,42,45,53)/t21-,22+,23+,25+,26?,27-,30?,31-,33-,34+,38-,39+,40-/m1/s1. The molecule has 3 aliphatic heterocycles. The largest absolute Gasteiger partial charge is 0.453 e. The normalized spacial score (nSPS) is 37.3. The van der Waals surface area contributed by atoms with Gasteiger partial charge in [-0.1, -0.05) is 33.8 Å². The number of nitrogens with two attached hydrogens (primary N) is 1. The number of amides is 1. The number of alkyl halides is 1. The van der Waals surface area contributed by atoms with Crippen molar-refractivity contribution in [3.8, 4) is 0 Å². The summed E-state index contributed by atoms with van der Waals surface area (Å²) in [5, 5.41) is 17.6. The highest BCUT2D eigenvalue weighted by molar-refractivity contribution is 6.08. The molecule has 3 fully saturated rings. The molecular weight excluding hydrogens is 773 g/mol. The predicted molar refractivity (Wildman–Crippen MR) is 209 cm³/mol. The molecule has 0 spiro atoms. The average Bonchev–Trinajstić information content (AvgIpc) is 3.55. The topological polar surface area (TPSA) is 236 Å². The van der Waals surface area contributed by atoms with Crippen LogP contribution in [0.25, 0.3) is 0 Å². The first-order valence-electron chi connectivity index (χ1n) is 19.8. The van der Waals surface area contributed by atoms with Crippen molar-refractivity contribution in [3.63, 3.8) is 0 Å². The fourth-order valence-corrected chi connectivity index (χ4v) is 8.75. The van der Waals surface area contributed by atoms with E-state index < -0.39 is 107 Å². The number of anilines is 1. The van der Waals surface area contributed by atoms with Crippen LogP contribution < -0.4 is 22.1 Å². The summed E-state index contributed by atoms with van der Waals surface area (Å²) < 4.78 is 48.5. The number of carbonyl (C=O) groups excluding carboxylic acids is 4. The van der Waals surface area contributed by atoms with Gasteiger partial charge in [0.1, 0.15) is 23.7 Å². The Balaban J connectivity index is 1.56. The molecule has 13 atom stereocenters. The second-order valence-corrected chi connectivity index (χ2v) is 16.5. The minimum Gasteiger partial charge on any atom is -0.453 e. The van der Waals surface area contributed by atoms with Gasteiger partial charge in [0.15, 0.2) is 18.2 Å². The highest BCUT2D eigenvalue weighted by Gasteiger charge is 2.63. The molecule has 5 rings (SSSR count). The van der Waals surface area contributed by atoms with E-state index in [0.29, 0.717) is 19.5 Å². The number of aliphatic hydroxyl groups excluding tert-OH is 1. The van der Waals surface area contributed by atoms with E-state index in [4.69, 9.17) is 29.4 Å². The molecule has 18 nitrogen and oxygen atoms in total. The maximum Gasteiger partial charge on any atom is 0.409 e. The number of nitrogen functional groups attached to an aromatic ring is 1. The molecule has 0 saturated carbocycles. The number of rotatable bonds is 10. The van der Waals surface area contributed by atoms with Crippen LogP contribution in [-0.4, -0.2) is 130 Å². The lowest BCUT2D eigenvalue weighted by atomic mass is 9.74. The number of methoxy groups -OCH3 is 1. The van der Waals surface area contributed by atoms with Gasteiger partial charge in [-0.05, 0) is 64.9 Å². The van der Waals surface area contributed by atoms with Gasteiger partial charge in [0.25, 0.3) is 11.4 Å². The zero-order valence-electron chi connectivity index (χ0n) is 35.0. The number of ketones is 2. The molecule has 2 aromatic rings. The van der Waals surface area contributed by atoms with E-state index in [9.17, 15) is 29.1 Å². The van der Waals surface area contributed by atoms with Gasteiger partial charge in [-0.25, -0.2) is 18.8 Å². The molecule has 5 N–H and O–H groups in total. The van der Waals surface area contributed by atoms with Gasteiger partial charge in [0, 0.05) is 62.6 Å². The summed E-state index contributed by atoms with van der Waals surface area (Å²) in [6.45, 7) is 9.20. The van der Waals surface area contributed by atoms with E-state index in [-0.39, 0.29) is 18.7 Å². The third-order valence-electron chi connectivity index (χ3n) is 12.1. The molecule has 3 saturated heterocycles. The quantitative estimate of drug-likeness (QED) is 0.196. The van der Waals surface area contributed by atoms with Crippen molar-refractivity contribution in [1.29, 1.82) is 0 Å². The Bertz CT molecular complexity index is 1900. The number of aromatic nitrogens is 3. The Hall–Kier alpha value is -4.40. The monoisotopic (exact) mass is 831 g/mol. The number of carbonyl (C=O) groups is 4. The Morgan fingerprint density at radius 2 is 1.85 bits per heavy atom. The zero-order chi connectivity index (χ0) is 43.6. The zero-order valence-corrected chi connectivity index (χ0v) is 35.0. The van der Waals surface area contributed by atoms with E-state index in [1.807, 2.05) is 17.0 Å². The van der Waals surface area contributed by atoms with Crippen LogP contribution in [0.5, 0.6) is 0 Å². The van der Waals surface area contributed by atoms with Crippen LogP contribution in [0.4, 0.5) is 15.0 Å². The van der Waals surface area contributed by atoms with Crippen LogP contribution in [0.3, 0.4) is 0 Å². The summed E-state index contributed by atoms with van der Waals surface area (Å²) in [6.07, 6.45) is -2.55. The van der Waals surface area contributed by atoms with Crippen LogP contribution in [0.15, 0.2) is 41.6 Å². The number of pyridine rings is 1. The van der Waals surface area contributed by atoms with Gasteiger partial charge in [-0.3, -0.25) is 19.1 Å². The highest BCUT2D eigenvalue weighted by atomic mass is 19.1. The lowest BCUT2D eigenvalue weighted by Gasteiger charge is -2.47. The van der Waals surface area contributed by atoms with Crippen molar-refractivity contribution in [2.24, 2.45) is 17.8 Å². The predicted octanol–water partition coefficient (Wildman–Crippen LogP) is 1.47. The Kier molecular flexibility index (Phi) is 14.0. The van der Waals surface area contributed by atoms with Gasteiger partial charge in [0.2, 0.25) is 0 Å². The molecule has 3 aliphatic rings. The SMILES string of the molecule is CC[C@H]1OC(=O)[C@@](C)(F)C(=O)[C@H](C)[C@@H](O[C@@H]2O[C@H](CNCc3cccnc3)CC(N(C)C)C2O)[C@](C)(OC)C[C@@H](C)C(=O)[C@H](C)[C@H]2NC(=O)O[C@@]21n1ccc(N)nc1=O. The number of alkyl carbamates (subject to hydrolysis) is 1. The molecular formula is C40H58FN7O11. The molecule has 59 heavy (non-hydrogen) atoms. The number of nitrogens with zero attached hydrogens (tertiary/aromatic N) is 4. The number of likely N-dealkylation sites (N-methyl/N-ethyl adjacent to an activating group) is 1. The molecule has 5 heterocycles. The van der Waals surface area contributed by atoms with E-state index in [1.165, 1.54) is 40.1 Å². The smallest absolute Gasteiger partial charge is 0.409 e. The molecule has 0 aliphatic carbocycles.